The Morgan fingerprint density at radius 2 is 1.76 bits per heavy atom. The second-order valence-corrected chi connectivity index (χ2v) is 6.52. The molecule has 102 valence electrons. The summed E-state index contributed by atoms with van der Waals surface area (Å²) in [5.41, 5.74) is 0. The Balaban J connectivity index is 3.82. The normalized spacial score (nSPS) is 12.7. The van der Waals surface area contributed by atoms with Crippen LogP contribution in [0.2, 0.25) is 0 Å². The van der Waals surface area contributed by atoms with Crippen molar-refractivity contribution in [2.75, 3.05) is 32.9 Å². The van der Waals surface area contributed by atoms with Gasteiger partial charge in [-0.15, -0.1) is 0 Å². The Bertz CT molecular complexity index is 335. The van der Waals surface area contributed by atoms with E-state index in [0.29, 0.717) is 30.2 Å². The minimum Gasteiger partial charge on any atom is -0.748 e. The Morgan fingerprint density at radius 3 is 2.24 bits per heavy atom. The highest BCUT2D eigenvalue weighted by Gasteiger charge is 2.15. The van der Waals surface area contributed by atoms with E-state index in [1.165, 1.54) is 0 Å². The van der Waals surface area contributed by atoms with Crippen molar-refractivity contribution >= 4 is 15.9 Å². The van der Waals surface area contributed by atoms with E-state index in [2.05, 4.69) is 0 Å². The summed E-state index contributed by atoms with van der Waals surface area (Å²) >= 11 is 0. The predicted molar refractivity (Wildman–Crippen MR) is 65.6 cm³/mol. The Kier molecular flexibility index (Phi) is 6.89. The minimum atomic E-state index is -4.08. The van der Waals surface area contributed by atoms with E-state index in [9.17, 15) is 17.8 Å². The maximum absolute atomic E-state index is 11.2. The molecular formula is C11H23NO4S. The number of rotatable bonds is 9. The second kappa shape index (κ2) is 7.08. The Morgan fingerprint density at radius 1 is 1.18 bits per heavy atom. The second-order valence-electron chi connectivity index (χ2n) is 4.99. The fourth-order valence-corrected chi connectivity index (χ4v) is 2.09. The van der Waals surface area contributed by atoms with Crippen LogP contribution in [0.1, 0.15) is 32.6 Å². The smallest absolute Gasteiger partial charge is 0.138 e. The maximum atomic E-state index is 11.2. The van der Waals surface area contributed by atoms with Crippen molar-refractivity contribution < 1.29 is 22.2 Å². The van der Waals surface area contributed by atoms with Gasteiger partial charge in [-0.25, -0.2) is 8.42 Å². The summed E-state index contributed by atoms with van der Waals surface area (Å²) in [4.78, 5) is 11.2. The van der Waals surface area contributed by atoms with Crippen LogP contribution in [0.4, 0.5) is 0 Å². The molecule has 5 nitrogen and oxygen atoms in total. The molecule has 6 heteroatoms. The highest BCUT2D eigenvalue weighted by molar-refractivity contribution is 7.85. The van der Waals surface area contributed by atoms with Crippen LogP contribution in [-0.2, 0) is 14.9 Å². The van der Waals surface area contributed by atoms with Crippen LogP contribution in [0.15, 0.2) is 0 Å². The zero-order chi connectivity index (χ0) is 13.5. The van der Waals surface area contributed by atoms with Crippen LogP contribution >= 0.6 is 0 Å². The van der Waals surface area contributed by atoms with E-state index in [0.717, 1.165) is 13.1 Å². The van der Waals surface area contributed by atoms with Gasteiger partial charge in [-0.1, -0.05) is 6.92 Å². The van der Waals surface area contributed by atoms with Gasteiger partial charge in [0, 0.05) is 12.2 Å². The van der Waals surface area contributed by atoms with Gasteiger partial charge in [0.1, 0.15) is 5.78 Å². The summed E-state index contributed by atoms with van der Waals surface area (Å²) in [6.45, 7) is 3.39. The first-order valence-corrected chi connectivity index (χ1v) is 7.51. The van der Waals surface area contributed by atoms with Crippen LogP contribution in [0.5, 0.6) is 0 Å². The third-order valence-electron chi connectivity index (χ3n) is 2.80. The zero-order valence-corrected chi connectivity index (χ0v) is 11.8. The molecule has 0 saturated heterocycles. The minimum absolute atomic E-state index is 0.248. The molecule has 0 atom stereocenters. The number of quaternary nitrogens is 1. The maximum Gasteiger partial charge on any atom is 0.138 e. The third kappa shape index (κ3) is 10.4. The lowest BCUT2D eigenvalue weighted by Crippen LogP contribution is -2.42. The van der Waals surface area contributed by atoms with E-state index in [1.807, 2.05) is 21.0 Å². The first-order valence-electron chi connectivity index (χ1n) is 5.93. The monoisotopic (exact) mass is 265 g/mol. The molecule has 0 unspecified atom stereocenters. The molecular weight excluding hydrogens is 242 g/mol. The molecule has 0 aromatic carbocycles. The SMILES string of the molecule is CCC(=O)CC[N+](C)(C)CCCCS(=O)(=O)[O-]. The number of unbranched alkanes of at least 4 members (excludes halogenated alkanes) is 1. The van der Waals surface area contributed by atoms with Gasteiger partial charge in [-0.05, 0) is 12.8 Å². The topological polar surface area (TPSA) is 74.3 Å². The van der Waals surface area contributed by atoms with Crippen molar-refractivity contribution in [2.24, 2.45) is 0 Å². The van der Waals surface area contributed by atoms with Crippen LogP contribution in [-0.4, -0.2) is 56.2 Å². The average Bonchev–Trinajstić information content (AvgIpc) is 2.20. The van der Waals surface area contributed by atoms with Crippen LogP contribution in [0.25, 0.3) is 0 Å². The average molecular weight is 265 g/mol. The molecule has 0 aromatic rings. The number of hydrogen-bond donors (Lipinski definition) is 0. The van der Waals surface area contributed by atoms with E-state index in [1.54, 1.807) is 0 Å². The molecule has 0 aliphatic carbocycles. The highest BCUT2D eigenvalue weighted by atomic mass is 32.2. The number of carbonyl (C=O) groups is 1. The summed E-state index contributed by atoms with van der Waals surface area (Å²) < 4.78 is 31.9. The fraction of sp³-hybridized carbons (Fsp3) is 0.909. The number of Topliss-reactive ketones (excluding diaryl/α,β-unsaturated/α-hetero) is 1. The zero-order valence-electron chi connectivity index (χ0n) is 10.9. The first-order chi connectivity index (χ1) is 7.66. The first kappa shape index (κ1) is 16.5. The van der Waals surface area contributed by atoms with Crippen molar-refractivity contribution in [3.63, 3.8) is 0 Å². The van der Waals surface area contributed by atoms with Crippen LogP contribution < -0.4 is 0 Å². The van der Waals surface area contributed by atoms with Crippen molar-refractivity contribution in [3.8, 4) is 0 Å². The van der Waals surface area contributed by atoms with Gasteiger partial charge in [-0.2, -0.15) is 0 Å². The molecule has 0 N–H and O–H groups in total. The van der Waals surface area contributed by atoms with E-state index in [-0.39, 0.29) is 11.5 Å². The van der Waals surface area contributed by atoms with Crippen LogP contribution in [0, 0.1) is 0 Å². The Hall–Kier alpha value is -0.460. The van der Waals surface area contributed by atoms with Crippen molar-refractivity contribution in [2.45, 2.75) is 32.6 Å². The summed E-state index contributed by atoms with van der Waals surface area (Å²) in [5.74, 6) is -0.0423. The summed E-state index contributed by atoms with van der Waals surface area (Å²) in [6, 6.07) is 0. The van der Waals surface area contributed by atoms with Gasteiger partial charge in [0.05, 0.1) is 43.7 Å². The van der Waals surface area contributed by atoms with Crippen LogP contribution in [0.3, 0.4) is 0 Å². The lowest BCUT2D eigenvalue weighted by Gasteiger charge is -2.29. The lowest BCUT2D eigenvalue weighted by atomic mass is 10.2. The summed E-state index contributed by atoms with van der Waals surface area (Å²) in [7, 11) is -0.0655. The molecule has 0 aliphatic heterocycles. The van der Waals surface area contributed by atoms with Crippen molar-refractivity contribution in [3.05, 3.63) is 0 Å². The number of nitrogens with zero attached hydrogens (tertiary/aromatic N) is 1. The van der Waals surface area contributed by atoms with Gasteiger partial charge >= 0.3 is 0 Å². The van der Waals surface area contributed by atoms with E-state index < -0.39 is 10.1 Å². The van der Waals surface area contributed by atoms with Gasteiger partial charge in [-0.3, -0.25) is 4.79 Å². The molecule has 0 heterocycles. The summed E-state index contributed by atoms with van der Waals surface area (Å²) in [6.07, 6.45) is 2.21. The molecule has 17 heavy (non-hydrogen) atoms. The fourth-order valence-electron chi connectivity index (χ4n) is 1.53. The molecule has 0 spiro atoms. The molecule has 0 fully saturated rings. The number of carbonyl (C=O) groups excluding carboxylic acids is 1. The number of hydrogen-bond acceptors (Lipinski definition) is 4. The highest BCUT2D eigenvalue weighted by Crippen LogP contribution is 2.05. The molecule has 0 aliphatic rings. The van der Waals surface area contributed by atoms with Gasteiger partial charge < -0.3 is 9.04 Å². The van der Waals surface area contributed by atoms with Gasteiger partial charge in [0.25, 0.3) is 0 Å². The molecule has 0 bridgehead atoms. The lowest BCUT2D eigenvalue weighted by molar-refractivity contribution is -0.889. The molecule has 0 aromatic heterocycles. The van der Waals surface area contributed by atoms with Crippen molar-refractivity contribution in [1.82, 2.24) is 0 Å². The van der Waals surface area contributed by atoms with E-state index >= 15 is 0 Å². The third-order valence-corrected chi connectivity index (χ3v) is 3.59. The summed E-state index contributed by atoms with van der Waals surface area (Å²) in [5, 5.41) is 0. The molecule has 0 radical (unpaired) electrons. The largest absolute Gasteiger partial charge is 0.748 e. The Labute approximate surface area is 104 Å². The molecule has 0 rings (SSSR count). The predicted octanol–water partition coefficient (Wildman–Crippen LogP) is 0.757. The molecule has 0 saturated carbocycles. The van der Waals surface area contributed by atoms with Gasteiger partial charge in [0.2, 0.25) is 0 Å². The standard InChI is InChI=1S/C11H23NO4S/c1-4-11(13)7-9-12(2,3)8-5-6-10-17(14,15)16/h4-10H2,1-3H3. The quantitative estimate of drug-likeness (QED) is 0.350. The van der Waals surface area contributed by atoms with Gasteiger partial charge in [0.15, 0.2) is 0 Å². The van der Waals surface area contributed by atoms with Crippen molar-refractivity contribution in [1.29, 1.82) is 0 Å². The van der Waals surface area contributed by atoms with E-state index in [4.69, 9.17) is 0 Å². The molecule has 0 amide bonds. The number of ketones is 1.